The number of thioether (sulfide) groups is 1. The highest BCUT2D eigenvalue weighted by atomic mass is 32.2. The highest BCUT2D eigenvalue weighted by Crippen LogP contribution is 2.29. The molecule has 4 nitrogen and oxygen atoms in total. The number of rotatable bonds is 4. The molecule has 1 saturated carbocycles. The van der Waals surface area contributed by atoms with Crippen LogP contribution in [0.15, 0.2) is 34.5 Å². The number of nitrogens with zero attached hydrogens (tertiary/aromatic N) is 1. The van der Waals surface area contributed by atoms with Gasteiger partial charge in [0.15, 0.2) is 5.13 Å². The van der Waals surface area contributed by atoms with Gasteiger partial charge < -0.3 is 11.1 Å². The van der Waals surface area contributed by atoms with Crippen LogP contribution in [0.5, 0.6) is 0 Å². The molecule has 1 aliphatic carbocycles. The minimum Gasteiger partial charge on any atom is -0.328 e. The fourth-order valence-corrected chi connectivity index (χ4v) is 3.82. The molecule has 2 atom stereocenters. The maximum atomic E-state index is 12.2. The smallest absolute Gasteiger partial charge is 0.229 e. The summed E-state index contributed by atoms with van der Waals surface area (Å²) in [6.45, 7) is 0. The first-order valence-corrected chi connectivity index (χ1v) is 9.42. The van der Waals surface area contributed by atoms with Crippen LogP contribution in [0.4, 0.5) is 5.13 Å². The maximum absolute atomic E-state index is 12.2. The Balaban J connectivity index is 1.66. The van der Waals surface area contributed by atoms with Gasteiger partial charge in [-0.3, -0.25) is 4.79 Å². The van der Waals surface area contributed by atoms with Crippen molar-refractivity contribution in [1.29, 1.82) is 0 Å². The number of carbonyl (C=O) groups is 1. The second-order valence-corrected chi connectivity index (χ2v) is 7.26. The molecule has 6 heteroatoms. The van der Waals surface area contributed by atoms with Gasteiger partial charge in [-0.1, -0.05) is 12.1 Å². The summed E-state index contributed by atoms with van der Waals surface area (Å²) in [5.41, 5.74) is 7.83. The van der Waals surface area contributed by atoms with Crippen LogP contribution in [0, 0.1) is 5.92 Å². The van der Waals surface area contributed by atoms with Crippen LogP contribution in [-0.2, 0) is 4.79 Å². The average molecular weight is 333 g/mol. The lowest BCUT2D eigenvalue weighted by atomic mass is 10.1. The molecule has 1 amide bonds. The first-order chi connectivity index (χ1) is 10.7. The highest BCUT2D eigenvalue weighted by Gasteiger charge is 2.28. The Hall–Kier alpha value is -1.37. The van der Waals surface area contributed by atoms with Crippen molar-refractivity contribution in [1.82, 2.24) is 4.98 Å². The molecule has 3 N–H and O–H groups in total. The molecular formula is C16H19N3OS2. The van der Waals surface area contributed by atoms with E-state index in [0.29, 0.717) is 5.13 Å². The van der Waals surface area contributed by atoms with Gasteiger partial charge in [0.05, 0.1) is 5.69 Å². The van der Waals surface area contributed by atoms with Gasteiger partial charge in [-0.15, -0.1) is 23.1 Å². The van der Waals surface area contributed by atoms with Gasteiger partial charge in [-0.05, 0) is 37.7 Å². The van der Waals surface area contributed by atoms with Gasteiger partial charge in [-0.25, -0.2) is 4.98 Å². The van der Waals surface area contributed by atoms with E-state index in [1.54, 1.807) is 11.8 Å². The summed E-state index contributed by atoms with van der Waals surface area (Å²) < 4.78 is 0. The van der Waals surface area contributed by atoms with Crippen molar-refractivity contribution in [3.8, 4) is 11.3 Å². The molecule has 1 aliphatic rings. The second-order valence-electron chi connectivity index (χ2n) is 5.53. The fraction of sp³-hybridized carbons (Fsp3) is 0.375. The number of thiazole rings is 1. The Morgan fingerprint density at radius 1 is 1.36 bits per heavy atom. The van der Waals surface area contributed by atoms with Crippen LogP contribution in [0.1, 0.15) is 19.3 Å². The molecular weight excluding hydrogens is 314 g/mol. The van der Waals surface area contributed by atoms with E-state index in [1.807, 2.05) is 5.38 Å². The van der Waals surface area contributed by atoms with Crippen LogP contribution in [0.3, 0.4) is 0 Å². The van der Waals surface area contributed by atoms with Gasteiger partial charge in [-0.2, -0.15) is 0 Å². The zero-order chi connectivity index (χ0) is 15.5. The third kappa shape index (κ3) is 3.51. The van der Waals surface area contributed by atoms with Crippen molar-refractivity contribution >= 4 is 34.1 Å². The third-order valence-electron chi connectivity index (χ3n) is 3.96. The van der Waals surface area contributed by atoms with E-state index >= 15 is 0 Å². The topological polar surface area (TPSA) is 68.0 Å². The molecule has 22 heavy (non-hydrogen) atoms. The molecule has 1 heterocycles. The Kier molecular flexibility index (Phi) is 4.81. The Bertz CT molecular complexity index is 654. The number of nitrogens with one attached hydrogen (secondary N) is 1. The predicted octanol–water partition coefficient (Wildman–Crippen LogP) is 3.60. The zero-order valence-electron chi connectivity index (χ0n) is 12.4. The zero-order valence-corrected chi connectivity index (χ0v) is 14.0. The van der Waals surface area contributed by atoms with Gasteiger partial charge in [0.2, 0.25) is 5.91 Å². The monoisotopic (exact) mass is 333 g/mol. The molecule has 0 saturated heterocycles. The van der Waals surface area contributed by atoms with Gasteiger partial charge in [0.25, 0.3) is 0 Å². The number of hydrogen-bond donors (Lipinski definition) is 2. The second kappa shape index (κ2) is 6.81. The Labute approximate surface area is 138 Å². The number of nitrogens with two attached hydrogens (primary N) is 1. The van der Waals surface area contributed by atoms with Crippen molar-refractivity contribution in [2.24, 2.45) is 11.7 Å². The summed E-state index contributed by atoms with van der Waals surface area (Å²) in [6.07, 6.45) is 4.64. The quantitative estimate of drug-likeness (QED) is 0.839. The lowest BCUT2D eigenvalue weighted by Crippen LogP contribution is -2.23. The number of benzene rings is 1. The lowest BCUT2D eigenvalue weighted by molar-refractivity contribution is -0.119. The van der Waals surface area contributed by atoms with Crippen LogP contribution >= 0.6 is 23.1 Å². The molecule has 0 spiro atoms. The minimum absolute atomic E-state index is 0.0308. The van der Waals surface area contributed by atoms with E-state index in [4.69, 9.17) is 5.73 Å². The first-order valence-electron chi connectivity index (χ1n) is 7.32. The summed E-state index contributed by atoms with van der Waals surface area (Å²) in [5.74, 6) is 0.0785. The molecule has 2 aromatic rings. The van der Waals surface area contributed by atoms with E-state index in [1.165, 1.54) is 16.2 Å². The average Bonchev–Trinajstić information content (AvgIpc) is 3.16. The van der Waals surface area contributed by atoms with E-state index in [2.05, 4.69) is 40.8 Å². The standard InChI is InChI=1S/C16H19N3OS2/c1-21-13-6-3-10(4-7-13)14-9-22-16(18-14)19-15(20)11-2-5-12(17)8-11/h3-4,6-7,9,11-12H,2,5,8,17H2,1H3,(H,18,19,20). The van der Waals surface area contributed by atoms with Gasteiger partial charge >= 0.3 is 0 Å². The van der Waals surface area contributed by atoms with Crippen molar-refractivity contribution < 1.29 is 4.79 Å². The number of aromatic nitrogens is 1. The molecule has 3 rings (SSSR count). The molecule has 1 aromatic carbocycles. The summed E-state index contributed by atoms with van der Waals surface area (Å²) in [7, 11) is 0. The predicted molar refractivity (Wildman–Crippen MR) is 93.3 cm³/mol. The molecule has 1 aromatic heterocycles. The Morgan fingerprint density at radius 3 is 2.77 bits per heavy atom. The number of amides is 1. The van der Waals surface area contributed by atoms with Crippen LogP contribution in [0.25, 0.3) is 11.3 Å². The molecule has 2 unspecified atom stereocenters. The van der Waals surface area contributed by atoms with Crippen molar-refractivity contribution in [2.75, 3.05) is 11.6 Å². The number of anilines is 1. The summed E-state index contributed by atoms with van der Waals surface area (Å²) in [5, 5.41) is 5.56. The highest BCUT2D eigenvalue weighted by molar-refractivity contribution is 7.98. The van der Waals surface area contributed by atoms with Crippen molar-refractivity contribution in [3.63, 3.8) is 0 Å². The minimum atomic E-state index is 0.0308. The maximum Gasteiger partial charge on any atom is 0.229 e. The van der Waals surface area contributed by atoms with E-state index < -0.39 is 0 Å². The summed E-state index contributed by atoms with van der Waals surface area (Å²) >= 11 is 3.18. The van der Waals surface area contributed by atoms with Crippen LogP contribution < -0.4 is 11.1 Å². The number of hydrogen-bond acceptors (Lipinski definition) is 5. The SMILES string of the molecule is CSc1ccc(-c2csc(NC(=O)C3CCC(N)C3)n2)cc1. The molecule has 0 aliphatic heterocycles. The van der Waals surface area contributed by atoms with Crippen molar-refractivity contribution in [3.05, 3.63) is 29.6 Å². The molecule has 0 radical (unpaired) electrons. The van der Waals surface area contributed by atoms with E-state index in [0.717, 1.165) is 30.5 Å². The van der Waals surface area contributed by atoms with Gasteiger partial charge in [0.1, 0.15) is 0 Å². The van der Waals surface area contributed by atoms with E-state index in [9.17, 15) is 4.79 Å². The Morgan fingerprint density at radius 2 is 2.14 bits per heavy atom. The molecule has 1 fully saturated rings. The van der Waals surface area contributed by atoms with Crippen LogP contribution in [-0.4, -0.2) is 23.2 Å². The fourth-order valence-electron chi connectivity index (χ4n) is 2.69. The lowest BCUT2D eigenvalue weighted by Gasteiger charge is -2.08. The summed E-state index contributed by atoms with van der Waals surface area (Å²) in [6, 6.07) is 8.44. The normalized spacial score (nSPS) is 21.0. The van der Waals surface area contributed by atoms with E-state index in [-0.39, 0.29) is 17.9 Å². The number of carbonyl (C=O) groups excluding carboxylic acids is 1. The first kappa shape index (κ1) is 15.5. The summed E-state index contributed by atoms with van der Waals surface area (Å²) in [4.78, 5) is 17.9. The van der Waals surface area contributed by atoms with Gasteiger partial charge in [0, 0.05) is 27.8 Å². The largest absolute Gasteiger partial charge is 0.328 e. The molecule has 116 valence electrons. The third-order valence-corrected chi connectivity index (χ3v) is 5.47. The molecule has 0 bridgehead atoms. The van der Waals surface area contributed by atoms with Crippen molar-refractivity contribution in [2.45, 2.75) is 30.2 Å². The van der Waals surface area contributed by atoms with Crippen LogP contribution in [0.2, 0.25) is 0 Å².